The number of carbonyl (C=O) groups is 1. The third-order valence-corrected chi connectivity index (χ3v) is 4.02. The molecule has 0 saturated carbocycles. The molecule has 0 spiro atoms. The molecule has 23 heavy (non-hydrogen) atoms. The summed E-state index contributed by atoms with van der Waals surface area (Å²) < 4.78 is 11.0. The highest BCUT2D eigenvalue weighted by molar-refractivity contribution is 5.86. The number of carbonyl (C=O) groups excluding carboxylic acids is 1. The Balaban J connectivity index is 1.35. The summed E-state index contributed by atoms with van der Waals surface area (Å²) in [6.45, 7) is 0.489. The largest absolute Gasteiger partial charge is 0.488 e. The van der Waals surface area contributed by atoms with Crippen LogP contribution >= 0.6 is 0 Å². The van der Waals surface area contributed by atoms with Crippen molar-refractivity contribution in [2.24, 2.45) is 0 Å². The molecule has 0 radical (unpaired) electrons. The molecule has 0 saturated heterocycles. The van der Waals surface area contributed by atoms with Gasteiger partial charge in [-0.25, -0.2) is 0 Å². The van der Waals surface area contributed by atoms with Crippen molar-refractivity contribution in [3.05, 3.63) is 59.8 Å². The van der Waals surface area contributed by atoms with Crippen molar-refractivity contribution >= 4 is 16.9 Å². The lowest BCUT2D eigenvalue weighted by atomic mass is 10.1. The first-order chi connectivity index (χ1) is 11.3. The standard InChI is InChI=1S/C18H16N2O3/c21-18(10-15-14-6-2-4-8-17(14)23-20-15)19-11-13-9-12-5-1-3-7-16(12)22-13/h1-8,13H,9-11H2,(H,19,21)/t13-/m1/s1. The van der Waals surface area contributed by atoms with Gasteiger partial charge < -0.3 is 14.6 Å². The maximum absolute atomic E-state index is 12.1. The monoisotopic (exact) mass is 308 g/mol. The highest BCUT2D eigenvalue weighted by Gasteiger charge is 2.23. The summed E-state index contributed by atoms with van der Waals surface area (Å²) >= 11 is 0. The molecule has 0 bridgehead atoms. The quantitative estimate of drug-likeness (QED) is 0.804. The second kappa shape index (κ2) is 5.76. The number of fused-ring (bicyclic) bond motifs is 2. The summed E-state index contributed by atoms with van der Waals surface area (Å²) in [7, 11) is 0. The fourth-order valence-corrected chi connectivity index (χ4v) is 2.88. The van der Waals surface area contributed by atoms with E-state index >= 15 is 0 Å². The molecule has 116 valence electrons. The minimum atomic E-state index is -0.0800. The number of hydrogen-bond donors (Lipinski definition) is 1. The maximum Gasteiger partial charge on any atom is 0.226 e. The summed E-state index contributed by atoms with van der Waals surface area (Å²) in [6, 6.07) is 15.5. The Kier molecular flexibility index (Phi) is 3.46. The van der Waals surface area contributed by atoms with Crippen molar-refractivity contribution in [1.82, 2.24) is 10.5 Å². The van der Waals surface area contributed by atoms with Crippen molar-refractivity contribution in [1.29, 1.82) is 0 Å². The van der Waals surface area contributed by atoms with E-state index < -0.39 is 0 Å². The van der Waals surface area contributed by atoms with Gasteiger partial charge in [0.05, 0.1) is 13.0 Å². The Labute approximate surface area is 133 Å². The van der Waals surface area contributed by atoms with E-state index in [-0.39, 0.29) is 18.4 Å². The van der Waals surface area contributed by atoms with Gasteiger partial charge in [0.1, 0.15) is 17.5 Å². The lowest BCUT2D eigenvalue weighted by Crippen LogP contribution is -2.35. The van der Waals surface area contributed by atoms with E-state index in [9.17, 15) is 4.79 Å². The van der Waals surface area contributed by atoms with Gasteiger partial charge in [-0.15, -0.1) is 0 Å². The first-order valence-electron chi connectivity index (χ1n) is 7.64. The highest BCUT2D eigenvalue weighted by atomic mass is 16.5. The SMILES string of the molecule is O=C(Cc1noc2ccccc12)NC[C@H]1Cc2ccccc2O1. The number of aromatic nitrogens is 1. The van der Waals surface area contributed by atoms with Crippen LogP contribution in [-0.4, -0.2) is 23.7 Å². The van der Waals surface area contributed by atoms with E-state index in [0.29, 0.717) is 17.8 Å². The van der Waals surface area contributed by atoms with Gasteiger partial charge in [-0.3, -0.25) is 4.79 Å². The number of rotatable bonds is 4. The van der Waals surface area contributed by atoms with Crippen LogP contribution in [-0.2, 0) is 17.6 Å². The van der Waals surface area contributed by atoms with Gasteiger partial charge >= 0.3 is 0 Å². The number of benzene rings is 2. The second-order valence-electron chi connectivity index (χ2n) is 5.66. The second-order valence-corrected chi connectivity index (χ2v) is 5.66. The summed E-state index contributed by atoms with van der Waals surface area (Å²) in [6.07, 6.45) is 1.02. The molecule has 0 aliphatic carbocycles. The third-order valence-electron chi connectivity index (χ3n) is 4.02. The van der Waals surface area contributed by atoms with E-state index in [1.54, 1.807) is 0 Å². The molecule has 3 aromatic rings. The van der Waals surface area contributed by atoms with Gasteiger partial charge in [0.15, 0.2) is 5.58 Å². The molecule has 1 aliphatic heterocycles. The van der Waals surface area contributed by atoms with E-state index in [0.717, 1.165) is 17.6 Å². The summed E-state index contributed by atoms with van der Waals surface area (Å²) in [4.78, 5) is 12.1. The van der Waals surface area contributed by atoms with Crippen molar-refractivity contribution in [2.45, 2.75) is 18.9 Å². The van der Waals surface area contributed by atoms with Gasteiger partial charge in [-0.1, -0.05) is 35.5 Å². The zero-order chi connectivity index (χ0) is 15.6. The van der Waals surface area contributed by atoms with Crippen molar-refractivity contribution in [3.63, 3.8) is 0 Å². The van der Waals surface area contributed by atoms with Crippen LogP contribution in [0.3, 0.4) is 0 Å². The maximum atomic E-state index is 12.1. The fourth-order valence-electron chi connectivity index (χ4n) is 2.88. The Bertz CT molecular complexity index is 831. The minimum Gasteiger partial charge on any atom is -0.488 e. The van der Waals surface area contributed by atoms with E-state index in [2.05, 4.69) is 16.5 Å². The number of ether oxygens (including phenoxy) is 1. The molecule has 1 aromatic heterocycles. The molecule has 5 heteroatoms. The summed E-state index contributed by atoms with van der Waals surface area (Å²) in [5, 5.41) is 7.78. The minimum absolute atomic E-state index is 0.00889. The number of amides is 1. The smallest absolute Gasteiger partial charge is 0.226 e. The van der Waals surface area contributed by atoms with E-state index in [1.165, 1.54) is 5.56 Å². The molecule has 4 rings (SSSR count). The topological polar surface area (TPSA) is 64.4 Å². The first kappa shape index (κ1) is 13.8. The zero-order valence-corrected chi connectivity index (χ0v) is 12.5. The molecule has 5 nitrogen and oxygen atoms in total. The molecule has 2 heterocycles. The van der Waals surface area contributed by atoms with Crippen molar-refractivity contribution in [2.75, 3.05) is 6.54 Å². The zero-order valence-electron chi connectivity index (χ0n) is 12.5. The van der Waals surface area contributed by atoms with E-state index in [4.69, 9.17) is 9.26 Å². The lowest BCUT2D eigenvalue weighted by Gasteiger charge is -2.11. The van der Waals surface area contributed by atoms with Gasteiger partial charge in [0.2, 0.25) is 5.91 Å². The van der Waals surface area contributed by atoms with Crippen LogP contribution in [0.1, 0.15) is 11.3 Å². The van der Waals surface area contributed by atoms with Crippen LogP contribution in [0.2, 0.25) is 0 Å². The van der Waals surface area contributed by atoms with Crippen LogP contribution in [0.15, 0.2) is 53.1 Å². The van der Waals surface area contributed by atoms with Crippen LogP contribution in [0, 0.1) is 0 Å². The van der Waals surface area contributed by atoms with Crippen LogP contribution < -0.4 is 10.1 Å². The first-order valence-corrected chi connectivity index (χ1v) is 7.64. The fraction of sp³-hybridized carbons (Fsp3) is 0.222. The molecule has 1 amide bonds. The summed E-state index contributed by atoms with van der Waals surface area (Å²) in [5.74, 6) is 0.831. The average Bonchev–Trinajstić information content (AvgIpc) is 3.17. The summed E-state index contributed by atoms with van der Waals surface area (Å²) in [5.41, 5.74) is 2.55. The number of nitrogens with one attached hydrogen (secondary N) is 1. The molecule has 1 aliphatic rings. The molecule has 0 fully saturated rings. The Morgan fingerprint density at radius 3 is 2.91 bits per heavy atom. The highest BCUT2D eigenvalue weighted by Crippen LogP contribution is 2.27. The predicted molar refractivity (Wildman–Crippen MR) is 85.3 cm³/mol. The van der Waals surface area contributed by atoms with Crippen LogP contribution in [0.25, 0.3) is 11.0 Å². The predicted octanol–water partition coefficient (Wildman–Crippen LogP) is 2.49. The molecule has 1 atom stereocenters. The van der Waals surface area contributed by atoms with Crippen LogP contribution in [0.4, 0.5) is 0 Å². The molecule has 0 unspecified atom stereocenters. The van der Waals surface area contributed by atoms with Crippen molar-refractivity contribution < 1.29 is 14.1 Å². The number of nitrogens with zero attached hydrogens (tertiary/aromatic N) is 1. The molecular weight excluding hydrogens is 292 g/mol. The van der Waals surface area contributed by atoms with E-state index in [1.807, 2.05) is 42.5 Å². The molecular formula is C18H16N2O3. The number of para-hydroxylation sites is 2. The van der Waals surface area contributed by atoms with Gasteiger partial charge in [-0.05, 0) is 23.8 Å². The third kappa shape index (κ3) is 2.77. The Morgan fingerprint density at radius 2 is 2.00 bits per heavy atom. The Morgan fingerprint density at radius 1 is 1.17 bits per heavy atom. The van der Waals surface area contributed by atoms with Gasteiger partial charge in [0.25, 0.3) is 0 Å². The van der Waals surface area contributed by atoms with Gasteiger partial charge in [-0.2, -0.15) is 0 Å². The lowest BCUT2D eigenvalue weighted by molar-refractivity contribution is -0.120. The molecule has 1 N–H and O–H groups in total. The van der Waals surface area contributed by atoms with Crippen LogP contribution in [0.5, 0.6) is 5.75 Å². The average molecular weight is 308 g/mol. The molecule has 2 aromatic carbocycles. The number of hydrogen-bond acceptors (Lipinski definition) is 4. The van der Waals surface area contributed by atoms with Gasteiger partial charge in [0, 0.05) is 11.8 Å². The normalized spacial score (nSPS) is 16.1. The van der Waals surface area contributed by atoms with Crippen molar-refractivity contribution in [3.8, 4) is 5.75 Å². The Hall–Kier alpha value is -2.82.